The molecule has 1 aromatic carbocycles. The molecule has 2 nitrogen and oxygen atoms in total. The number of hydrogen-bond acceptors (Lipinski definition) is 3. The Morgan fingerprint density at radius 2 is 2.14 bits per heavy atom. The van der Waals surface area contributed by atoms with Gasteiger partial charge in [-0.05, 0) is 80.8 Å². The van der Waals surface area contributed by atoms with Gasteiger partial charge in [0.25, 0.3) is 0 Å². The largest absolute Gasteiger partial charge is 0.491 e. The predicted molar refractivity (Wildman–Crippen MR) is 90.6 cm³/mol. The highest BCUT2D eigenvalue weighted by atomic mass is 32.1. The number of hydrogen-bond donors (Lipinski definition) is 1. The monoisotopic (exact) mass is 301 g/mol. The van der Waals surface area contributed by atoms with Gasteiger partial charge in [0, 0.05) is 10.6 Å². The second-order valence-electron chi connectivity index (χ2n) is 6.03. The average Bonchev–Trinajstić information content (AvgIpc) is 2.90. The third-order valence-corrected chi connectivity index (χ3v) is 4.95. The van der Waals surface area contributed by atoms with E-state index in [0.717, 1.165) is 5.75 Å². The molecule has 1 aromatic heterocycles. The van der Waals surface area contributed by atoms with Gasteiger partial charge in [-0.15, -0.1) is 11.3 Å². The van der Waals surface area contributed by atoms with Crippen LogP contribution < -0.4 is 10.1 Å². The summed E-state index contributed by atoms with van der Waals surface area (Å²) in [6.07, 6.45) is 3.95. The number of aryl methyl sites for hydroxylation is 2. The summed E-state index contributed by atoms with van der Waals surface area (Å²) in [7, 11) is 0. The number of nitrogens with one attached hydrogen (secondary N) is 1. The third-order valence-electron chi connectivity index (χ3n) is 3.95. The van der Waals surface area contributed by atoms with Crippen LogP contribution in [0.2, 0.25) is 0 Å². The van der Waals surface area contributed by atoms with Gasteiger partial charge in [-0.25, -0.2) is 0 Å². The minimum absolute atomic E-state index is 0.218. The lowest BCUT2D eigenvalue weighted by Crippen LogP contribution is -2.16. The second kappa shape index (κ2) is 6.10. The Bertz CT molecular complexity index is 617. The van der Waals surface area contributed by atoms with Crippen LogP contribution >= 0.6 is 11.3 Å². The Morgan fingerprint density at radius 1 is 1.29 bits per heavy atom. The molecule has 0 bridgehead atoms. The Kier molecular flexibility index (Phi) is 4.20. The molecule has 0 saturated carbocycles. The van der Waals surface area contributed by atoms with Crippen LogP contribution in [0.4, 0.5) is 5.69 Å². The van der Waals surface area contributed by atoms with E-state index in [4.69, 9.17) is 4.74 Å². The van der Waals surface area contributed by atoms with Gasteiger partial charge in [-0.2, -0.15) is 0 Å². The van der Waals surface area contributed by atoms with Gasteiger partial charge in [-0.1, -0.05) is 0 Å². The SMILES string of the molecule is Cc1cc(OC(C)C)ccc1NC1CCCc2sccc21. The van der Waals surface area contributed by atoms with E-state index in [1.54, 1.807) is 4.88 Å². The van der Waals surface area contributed by atoms with Crippen LogP contribution in [0.25, 0.3) is 0 Å². The first-order valence-electron chi connectivity index (χ1n) is 7.73. The number of fused-ring (bicyclic) bond motifs is 1. The molecule has 1 N–H and O–H groups in total. The molecule has 1 heterocycles. The van der Waals surface area contributed by atoms with Gasteiger partial charge in [0.2, 0.25) is 0 Å². The van der Waals surface area contributed by atoms with E-state index in [2.05, 4.69) is 55.7 Å². The highest BCUT2D eigenvalue weighted by Gasteiger charge is 2.21. The fourth-order valence-electron chi connectivity index (χ4n) is 2.97. The molecule has 1 aliphatic rings. The zero-order chi connectivity index (χ0) is 14.8. The number of ether oxygens (including phenoxy) is 1. The summed E-state index contributed by atoms with van der Waals surface area (Å²) in [5.74, 6) is 0.952. The van der Waals surface area contributed by atoms with E-state index in [0.29, 0.717) is 6.04 Å². The molecule has 1 unspecified atom stereocenters. The lowest BCUT2D eigenvalue weighted by Gasteiger charge is -2.25. The van der Waals surface area contributed by atoms with Crippen LogP contribution in [-0.4, -0.2) is 6.10 Å². The quantitative estimate of drug-likeness (QED) is 0.823. The molecule has 0 saturated heterocycles. The fourth-order valence-corrected chi connectivity index (χ4v) is 3.96. The molecule has 0 aliphatic heterocycles. The molecular formula is C18H23NOS. The molecule has 1 aliphatic carbocycles. The molecule has 3 rings (SSSR count). The molecule has 3 heteroatoms. The van der Waals surface area contributed by atoms with E-state index in [1.165, 1.54) is 36.1 Å². The number of anilines is 1. The molecule has 1 atom stereocenters. The van der Waals surface area contributed by atoms with Crippen molar-refractivity contribution in [3.63, 3.8) is 0 Å². The van der Waals surface area contributed by atoms with E-state index in [1.807, 2.05) is 11.3 Å². The lowest BCUT2D eigenvalue weighted by molar-refractivity contribution is 0.242. The van der Waals surface area contributed by atoms with Crippen molar-refractivity contribution in [3.8, 4) is 5.75 Å². The Hall–Kier alpha value is -1.48. The van der Waals surface area contributed by atoms with Crippen molar-refractivity contribution in [2.24, 2.45) is 0 Å². The summed E-state index contributed by atoms with van der Waals surface area (Å²) >= 11 is 1.89. The summed E-state index contributed by atoms with van der Waals surface area (Å²) in [6.45, 7) is 6.26. The number of thiophene rings is 1. The highest BCUT2D eigenvalue weighted by molar-refractivity contribution is 7.10. The van der Waals surface area contributed by atoms with Gasteiger partial charge in [-0.3, -0.25) is 0 Å². The molecule has 2 aromatic rings. The summed E-state index contributed by atoms with van der Waals surface area (Å²) in [5.41, 5.74) is 3.96. The normalized spacial score (nSPS) is 17.6. The summed E-state index contributed by atoms with van der Waals surface area (Å²) in [6, 6.07) is 9.07. The molecule has 0 fully saturated rings. The lowest BCUT2D eigenvalue weighted by atomic mass is 9.93. The summed E-state index contributed by atoms with van der Waals surface area (Å²) < 4.78 is 5.76. The van der Waals surface area contributed by atoms with Crippen LogP contribution in [0.5, 0.6) is 5.75 Å². The molecule has 21 heavy (non-hydrogen) atoms. The summed E-state index contributed by atoms with van der Waals surface area (Å²) in [5, 5.41) is 5.94. The van der Waals surface area contributed by atoms with E-state index in [-0.39, 0.29) is 6.10 Å². The molecule has 0 spiro atoms. The smallest absolute Gasteiger partial charge is 0.120 e. The minimum Gasteiger partial charge on any atom is -0.491 e. The van der Waals surface area contributed by atoms with Crippen molar-refractivity contribution in [1.82, 2.24) is 0 Å². The van der Waals surface area contributed by atoms with Crippen LogP contribution in [-0.2, 0) is 6.42 Å². The Labute approximate surface area is 131 Å². The van der Waals surface area contributed by atoms with E-state index < -0.39 is 0 Å². The van der Waals surface area contributed by atoms with Crippen molar-refractivity contribution < 1.29 is 4.74 Å². The fraction of sp³-hybridized carbons (Fsp3) is 0.444. The van der Waals surface area contributed by atoms with Crippen LogP contribution in [0.3, 0.4) is 0 Å². The van der Waals surface area contributed by atoms with E-state index in [9.17, 15) is 0 Å². The van der Waals surface area contributed by atoms with Crippen molar-refractivity contribution in [1.29, 1.82) is 0 Å². The van der Waals surface area contributed by atoms with Gasteiger partial charge in [0.15, 0.2) is 0 Å². The zero-order valence-electron chi connectivity index (χ0n) is 13.0. The topological polar surface area (TPSA) is 21.3 Å². The van der Waals surface area contributed by atoms with Gasteiger partial charge < -0.3 is 10.1 Å². The first-order valence-corrected chi connectivity index (χ1v) is 8.61. The number of rotatable bonds is 4. The first kappa shape index (κ1) is 14.5. The zero-order valence-corrected chi connectivity index (χ0v) is 13.8. The third kappa shape index (κ3) is 3.24. The molecule has 0 radical (unpaired) electrons. The van der Waals surface area contributed by atoms with Crippen LogP contribution in [0.1, 0.15) is 48.7 Å². The standard InChI is InChI=1S/C18H23NOS/c1-12(2)20-14-7-8-16(13(3)11-14)19-17-5-4-6-18-15(17)9-10-21-18/h7-12,17,19H,4-6H2,1-3H3. The Morgan fingerprint density at radius 3 is 2.90 bits per heavy atom. The van der Waals surface area contributed by atoms with Crippen molar-refractivity contribution in [2.75, 3.05) is 5.32 Å². The van der Waals surface area contributed by atoms with Crippen LogP contribution in [0.15, 0.2) is 29.6 Å². The highest BCUT2D eigenvalue weighted by Crippen LogP contribution is 2.36. The molecular weight excluding hydrogens is 278 g/mol. The molecule has 0 amide bonds. The molecule has 112 valence electrons. The van der Waals surface area contributed by atoms with Crippen molar-refractivity contribution in [2.45, 2.75) is 52.2 Å². The minimum atomic E-state index is 0.218. The van der Waals surface area contributed by atoms with E-state index >= 15 is 0 Å². The maximum Gasteiger partial charge on any atom is 0.120 e. The summed E-state index contributed by atoms with van der Waals surface area (Å²) in [4.78, 5) is 1.55. The van der Waals surface area contributed by atoms with Gasteiger partial charge in [0.05, 0.1) is 12.1 Å². The average molecular weight is 301 g/mol. The van der Waals surface area contributed by atoms with Crippen molar-refractivity contribution >= 4 is 17.0 Å². The maximum absolute atomic E-state index is 5.76. The maximum atomic E-state index is 5.76. The second-order valence-corrected chi connectivity index (χ2v) is 7.03. The predicted octanol–water partition coefficient (Wildman–Crippen LogP) is 5.33. The first-order chi connectivity index (χ1) is 10.1. The van der Waals surface area contributed by atoms with Gasteiger partial charge >= 0.3 is 0 Å². The Balaban J connectivity index is 1.77. The number of benzene rings is 1. The van der Waals surface area contributed by atoms with Gasteiger partial charge in [0.1, 0.15) is 5.75 Å². The van der Waals surface area contributed by atoms with Crippen LogP contribution in [0, 0.1) is 6.92 Å². The van der Waals surface area contributed by atoms with Crippen molar-refractivity contribution in [3.05, 3.63) is 45.6 Å².